The molecule has 0 radical (unpaired) electrons. The number of benzene rings is 1. The first-order valence-electron chi connectivity index (χ1n) is 8.06. The quantitative estimate of drug-likeness (QED) is 0.766. The predicted octanol–water partition coefficient (Wildman–Crippen LogP) is 2.99. The molecule has 3 N–H and O–H groups in total. The van der Waals surface area contributed by atoms with Crippen LogP contribution >= 0.6 is 24.8 Å². The molecule has 1 amide bonds. The van der Waals surface area contributed by atoms with E-state index >= 15 is 0 Å². The summed E-state index contributed by atoms with van der Waals surface area (Å²) in [4.78, 5) is 14.1. The smallest absolute Gasteiger partial charge is 0.225 e. The summed E-state index contributed by atoms with van der Waals surface area (Å²) in [5.74, 6) is 0.821. The van der Waals surface area contributed by atoms with E-state index in [-0.39, 0.29) is 36.8 Å². The van der Waals surface area contributed by atoms with Crippen molar-refractivity contribution in [3.63, 3.8) is 0 Å². The maximum Gasteiger partial charge on any atom is 0.225 e. The van der Waals surface area contributed by atoms with Gasteiger partial charge in [-0.25, -0.2) is 0 Å². The standard InChI is InChI=1S/C17H27N3O2.2ClH/c1-13-11-15(19-17(21)12-14(2)18)5-6-16(13)22-10-9-20-7-3-4-8-20;;/h5-6,11,14H,3-4,7-10,12,18H2,1-2H3,(H,19,21);2*1H. The summed E-state index contributed by atoms with van der Waals surface area (Å²) in [6, 6.07) is 5.59. The number of anilines is 1. The second kappa shape index (κ2) is 11.5. The van der Waals surface area contributed by atoms with Crippen LogP contribution in [0.25, 0.3) is 0 Å². The zero-order valence-corrected chi connectivity index (χ0v) is 16.0. The van der Waals surface area contributed by atoms with Crippen molar-refractivity contribution in [2.24, 2.45) is 5.73 Å². The van der Waals surface area contributed by atoms with Gasteiger partial charge in [0.15, 0.2) is 0 Å². The van der Waals surface area contributed by atoms with Gasteiger partial charge in [-0.05, 0) is 63.5 Å². The van der Waals surface area contributed by atoms with Crippen molar-refractivity contribution >= 4 is 36.4 Å². The molecule has 138 valence electrons. The van der Waals surface area contributed by atoms with Gasteiger partial charge in [-0.1, -0.05) is 0 Å². The Bertz CT molecular complexity index is 507. The SMILES string of the molecule is Cc1cc(NC(=O)CC(C)N)ccc1OCCN1CCCC1.Cl.Cl. The van der Waals surface area contributed by atoms with Crippen LogP contribution in [-0.2, 0) is 4.79 Å². The van der Waals surface area contributed by atoms with Crippen molar-refractivity contribution < 1.29 is 9.53 Å². The predicted molar refractivity (Wildman–Crippen MR) is 104 cm³/mol. The molecule has 0 spiro atoms. The lowest BCUT2D eigenvalue weighted by molar-refractivity contribution is -0.116. The summed E-state index contributed by atoms with van der Waals surface area (Å²) >= 11 is 0. The van der Waals surface area contributed by atoms with Crippen molar-refractivity contribution in [2.45, 2.75) is 39.2 Å². The van der Waals surface area contributed by atoms with Crippen LogP contribution in [0.1, 0.15) is 31.7 Å². The number of nitrogens with zero attached hydrogens (tertiary/aromatic N) is 1. The number of hydrogen-bond donors (Lipinski definition) is 2. The van der Waals surface area contributed by atoms with Crippen LogP contribution < -0.4 is 15.8 Å². The number of carbonyl (C=O) groups excluding carboxylic acids is 1. The van der Waals surface area contributed by atoms with Crippen LogP contribution in [0.15, 0.2) is 18.2 Å². The van der Waals surface area contributed by atoms with Crippen LogP contribution in [-0.4, -0.2) is 43.1 Å². The van der Waals surface area contributed by atoms with E-state index in [4.69, 9.17) is 10.5 Å². The van der Waals surface area contributed by atoms with E-state index in [9.17, 15) is 4.79 Å². The number of halogens is 2. The molecule has 7 heteroatoms. The molecule has 24 heavy (non-hydrogen) atoms. The summed E-state index contributed by atoms with van der Waals surface area (Å²) in [5.41, 5.74) is 7.44. The average molecular weight is 378 g/mol. The largest absolute Gasteiger partial charge is 0.492 e. The third kappa shape index (κ3) is 7.71. The Balaban J connectivity index is 0.00000264. The minimum Gasteiger partial charge on any atom is -0.492 e. The summed E-state index contributed by atoms with van der Waals surface area (Å²) in [6.45, 7) is 7.87. The van der Waals surface area contributed by atoms with Crippen molar-refractivity contribution in [3.8, 4) is 5.75 Å². The minimum absolute atomic E-state index is 0. The maximum atomic E-state index is 11.7. The number of nitrogens with two attached hydrogens (primary N) is 1. The van der Waals surface area contributed by atoms with Gasteiger partial charge in [0, 0.05) is 24.7 Å². The van der Waals surface area contributed by atoms with Crippen molar-refractivity contribution in [2.75, 3.05) is 31.6 Å². The fourth-order valence-corrected chi connectivity index (χ4v) is 2.68. The first-order valence-corrected chi connectivity index (χ1v) is 8.06. The first-order chi connectivity index (χ1) is 10.5. The van der Waals surface area contributed by atoms with E-state index in [1.54, 1.807) is 0 Å². The molecule has 1 heterocycles. The number of ether oxygens (including phenoxy) is 1. The highest BCUT2D eigenvalue weighted by atomic mass is 35.5. The van der Waals surface area contributed by atoms with E-state index in [1.165, 1.54) is 25.9 Å². The van der Waals surface area contributed by atoms with Gasteiger partial charge >= 0.3 is 0 Å². The van der Waals surface area contributed by atoms with Gasteiger partial charge in [0.2, 0.25) is 5.91 Å². The molecule has 1 aliphatic rings. The molecule has 1 aromatic rings. The van der Waals surface area contributed by atoms with E-state index < -0.39 is 0 Å². The van der Waals surface area contributed by atoms with Gasteiger partial charge in [0.1, 0.15) is 12.4 Å². The van der Waals surface area contributed by atoms with E-state index in [0.717, 1.165) is 23.5 Å². The van der Waals surface area contributed by atoms with Crippen molar-refractivity contribution in [1.29, 1.82) is 0 Å². The van der Waals surface area contributed by atoms with E-state index in [2.05, 4.69) is 10.2 Å². The minimum atomic E-state index is -0.130. The third-order valence-electron chi connectivity index (χ3n) is 3.83. The molecule has 0 saturated carbocycles. The number of carbonyl (C=O) groups is 1. The maximum absolute atomic E-state index is 11.7. The number of rotatable bonds is 7. The number of likely N-dealkylation sites (tertiary alicyclic amines) is 1. The van der Waals surface area contributed by atoms with E-state index in [1.807, 2.05) is 32.0 Å². The van der Waals surface area contributed by atoms with E-state index in [0.29, 0.717) is 13.0 Å². The number of amides is 1. The topological polar surface area (TPSA) is 67.6 Å². The molecule has 0 bridgehead atoms. The van der Waals surface area contributed by atoms with Crippen molar-refractivity contribution in [1.82, 2.24) is 4.90 Å². The zero-order valence-electron chi connectivity index (χ0n) is 14.4. The summed E-state index contributed by atoms with van der Waals surface area (Å²) in [6.07, 6.45) is 2.93. The molecular formula is C17H29Cl2N3O2. The first kappa shape index (κ1) is 23.0. The molecule has 2 rings (SSSR count). The van der Waals surface area contributed by atoms with Gasteiger partial charge < -0.3 is 15.8 Å². The van der Waals surface area contributed by atoms with Gasteiger partial charge in [-0.2, -0.15) is 0 Å². The number of hydrogen-bond acceptors (Lipinski definition) is 4. The third-order valence-corrected chi connectivity index (χ3v) is 3.83. The van der Waals surface area contributed by atoms with Crippen LogP contribution in [0.2, 0.25) is 0 Å². The molecule has 5 nitrogen and oxygen atoms in total. The summed E-state index contributed by atoms with van der Waals surface area (Å²) < 4.78 is 5.85. The Morgan fingerprint density at radius 3 is 2.58 bits per heavy atom. The molecule has 0 aromatic heterocycles. The summed E-state index contributed by atoms with van der Waals surface area (Å²) in [7, 11) is 0. The van der Waals surface area contributed by atoms with Crippen LogP contribution in [0.4, 0.5) is 5.69 Å². The lowest BCUT2D eigenvalue weighted by Crippen LogP contribution is -2.25. The fourth-order valence-electron chi connectivity index (χ4n) is 2.68. The monoisotopic (exact) mass is 377 g/mol. The Labute approximate surface area is 157 Å². The fraction of sp³-hybridized carbons (Fsp3) is 0.588. The Morgan fingerprint density at radius 2 is 2.00 bits per heavy atom. The lowest BCUT2D eigenvalue weighted by atomic mass is 10.2. The molecule has 1 saturated heterocycles. The highest BCUT2D eigenvalue weighted by Crippen LogP contribution is 2.22. The van der Waals surface area contributed by atoms with Gasteiger partial charge in [-0.15, -0.1) is 24.8 Å². The average Bonchev–Trinajstić information content (AvgIpc) is 2.93. The van der Waals surface area contributed by atoms with Gasteiger partial charge in [0.05, 0.1) is 0 Å². The molecule has 0 aliphatic carbocycles. The lowest BCUT2D eigenvalue weighted by Gasteiger charge is -2.16. The number of nitrogens with one attached hydrogen (secondary N) is 1. The highest BCUT2D eigenvalue weighted by Gasteiger charge is 2.11. The second-order valence-corrected chi connectivity index (χ2v) is 6.11. The van der Waals surface area contributed by atoms with Crippen LogP contribution in [0.3, 0.4) is 0 Å². The molecule has 1 fully saturated rings. The second-order valence-electron chi connectivity index (χ2n) is 6.11. The molecular weight excluding hydrogens is 349 g/mol. The molecule has 1 aliphatic heterocycles. The Kier molecular flexibility index (Phi) is 11.0. The molecule has 1 aromatic carbocycles. The van der Waals surface area contributed by atoms with Crippen LogP contribution in [0, 0.1) is 6.92 Å². The highest BCUT2D eigenvalue weighted by molar-refractivity contribution is 5.91. The van der Waals surface area contributed by atoms with Gasteiger partial charge in [0.25, 0.3) is 0 Å². The Hall–Kier alpha value is -1.01. The molecule has 1 atom stereocenters. The summed E-state index contributed by atoms with van der Waals surface area (Å²) in [5, 5.41) is 2.86. The Morgan fingerprint density at radius 1 is 1.33 bits per heavy atom. The van der Waals surface area contributed by atoms with Crippen LogP contribution in [0.5, 0.6) is 5.75 Å². The molecule has 1 unspecified atom stereocenters. The van der Waals surface area contributed by atoms with Gasteiger partial charge in [-0.3, -0.25) is 9.69 Å². The van der Waals surface area contributed by atoms with Crippen molar-refractivity contribution in [3.05, 3.63) is 23.8 Å². The zero-order chi connectivity index (χ0) is 15.9. The normalized spacial score (nSPS) is 15.1. The number of aryl methyl sites for hydroxylation is 1.